The molecule has 0 spiro atoms. The first kappa shape index (κ1) is 20.2. The van der Waals surface area contributed by atoms with Crippen LogP contribution in [0.25, 0.3) is 0 Å². The topological polar surface area (TPSA) is 41.0 Å². The van der Waals surface area contributed by atoms with Gasteiger partial charge in [0.2, 0.25) is 0 Å². The van der Waals surface area contributed by atoms with Crippen molar-refractivity contribution in [3.05, 3.63) is 59.9 Å². The van der Waals surface area contributed by atoms with Gasteiger partial charge in [0, 0.05) is 34.4 Å². The van der Waals surface area contributed by atoms with Crippen LogP contribution in [0.15, 0.2) is 53.7 Å². The van der Waals surface area contributed by atoms with E-state index in [0.717, 1.165) is 23.0 Å². The van der Waals surface area contributed by atoms with Gasteiger partial charge in [-0.1, -0.05) is 18.2 Å². The second-order valence-electron chi connectivity index (χ2n) is 5.66. The monoisotopic (exact) mass is 440 g/mol. The summed E-state index contributed by atoms with van der Waals surface area (Å²) in [6, 6.07) is 13.8. The fourth-order valence-electron chi connectivity index (χ4n) is 2.22. The number of hydrogen-bond donors (Lipinski definition) is 0. The number of hydrogen-bond acceptors (Lipinski definition) is 3. The Labute approximate surface area is 161 Å². The van der Waals surface area contributed by atoms with Crippen LogP contribution in [0.4, 0.5) is 0 Å². The molecule has 0 aliphatic carbocycles. The number of ether oxygens (including phenoxy) is 1. The average Bonchev–Trinajstić information content (AvgIpc) is 2.54. The van der Waals surface area contributed by atoms with E-state index in [4.69, 9.17) is 4.74 Å². The predicted molar refractivity (Wildman–Crippen MR) is 109 cm³/mol. The van der Waals surface area contributed by atoms with E-state index >= 15 is 0 Å². The van der Waals surface area contributed by atoms with Crippen molar-refractivity contribution in [3.8, 4) is 5.75 Å². The molecule has 2 aromatic rings. The third-order valence-electron chi connectivity index (χ3n) is 3.21. The lowest BCUT2D eigenvalue weighted by atomic mass is 10.2. The van der Waals surface area contributed by atoms with Crippen molar-refractivity contribution >= 4 is 29.9 Å². The summed E-state index contributed by atoms with van der Waals surface area (Å²) in [5, 5.41) is 0. The number of pyridine rings is 1. The van der Waals surface area contributed by atoms with Gasteiger partial charge in [-0.25, -0.2) is 4.99 Å². The minimum Gasteiger partial charge on any atom is -0.487 e. The molecular formula is C18H25IN4O. The third kappa shape index (κ3) is 6.35. The Balaban J connectivity index is 0.00000288. The molecule has 0 aliphatic heterocycles. The molecule has 0 saturated carbocycles. The van der Waals surface area contributed by atoms with E-state index in [0.29, 0.717) is 13.2 Å². The quantitative estimate of drug-likeness (QED) is 0.407. The zero-order chi connectivity index (χ0) is 16.7. The van der Waals surface area contributed by atoms with Crippen LogP contribution in [-0.4, -0.2) is 48.9 Å². The fourth-order valence-corrected chi connectivity index (χ4v) is 2.22. The number of aromatic nitrogens is 1. The number of aliphatic imine (C=N–C) groups is 1. The normalized spacial score (nSPS) is 9.67. The first-order valence-electron chi connectivity index (χ1n) is 7.57. The van der Waals surface area contributed by atoms with Gasteiger partial charge in [0.1, 0.15) is 12.4 Å². The molecule has 0 radical (unpaired) electrons. The Hall–Kier alpha value is -1.83. The van der Waals surface area contributed by atoms with Gasteiger partial charge in [0.05, 0.1) is 12.2 Å². The maximum absolute atomic E-state index is 5.80. The highest BCUT2D eigenvalue weighted by atomic mass is 127. The minimum absolute atomic E-state index is 0. The van der Waals surface area contributed by atoms with Crippen molar-refractivity contribution in [3.63, 3.8) is 0 Å². The highest BCUT2D eigenvalue weighted by Crippen LogP contribution is 2.15. The maximum atomic E-state index is 5.80. The van der Waals surface area contributed by atoms with Gasteiger partial charge in [0.15, 0.2) is 5.96 Å². The zero-order valence-corrected chi connectivity index (χ0v) is 17.0. The van der Waals surface area contributed by atoms with Gasteiger partial charge in [-0.2, -0.15) is 0 Å². The molecule has 0 unspecified atom stereocenters. The Bertz CT molecular complexity index is 634. The van der Waals surface area contributed by atoms with Crippen LogP contribution in [0, 0.1) is 0 Å². The molecular weight excluding hydrogens is 415 g/mol. The van der Waals surface area contributed by atoms with Crippen LogP contribution in [0.1, 0.15) is 11.3 Å². The van der Waals surface area contributed by atoms with Gasteiger partial charge in [-0.05, 0) is 29.8 Å². The number of guanidine groups is 1. The molecule has 0 N–H and O–H groups in total. The van der Waals surface area contributed by atoms with Crippen LogP contribution < -0.4 is 4.74 Å². The molecule has 0 fully saturated rings. The summed E-state index contributed by atoms with van der Waals surface area (Å²) in [6.45, 7) is 1.08. The number of rotatable bonds is 5. The molecule has 1 heterocycles. The molecule has 0 atom stereocenters. The van der Waals surface area contributed by atoms with Crippen molar-refractivity contribution in [2.75, 3.05) is 28.2 Å². The van der Waals surface area contributed by atoms with E-state index in [2.05, 4.69) is 16.0 Å². The predicted octanol–water partition coefficient (Wildman–Crippen LogP) is 3.26. The number of halogens is 1. The Morgan fingerprint density at radius 2 is 1.79 bits per heavy atom. The average molecular weight is 440 g/mol. The summed E-state index contributed by atoms with van der Waals surface area (Å²) in [7, 11) is 7.97. The fraction of sp³-hybridized carbons (Fsp3) is 0.333. The largest absolute Gasteiger partial charge is 0.487 e. The van der Waals surface area contributed by atoms with Gasteiger partial charge in [-0.3, -0.25) is 4.98 Å². The van der Waals surface area contributed by atoms with E-state index in [1.165, 1.54) is 0 Å². The van der Waals surface area contributed by atoms with E-state index in [-0.39, 0.29) is 24.0 Å². The van der Waals surface area contributed by atoms with Crippen LogP contribution >= 0.6 is 24.0 Å². The van der Waals surface area contributed by atoms with Crippen LogP contribution in [-0.2, 0) is 13.2 Å². The molecule has 130 valence electrons. The van der Waals surface area contributed by atoms with Crippen LogP contribution in [0.5, 0.6) is 5.75 Å². The molecule has 1 aromatic heterocycles. The lowest BCUT2D eigenvalue weighted by Gasteiger charge is -2.22. The number of benzene rings is 1. The van der Waals surface area contributed by atoms with Crippen LogP contribution in [0.3, 0.4) is 0 Å². The lowest BCUT2D eigenvalue weighted by molar-refractivity contribution is 0.301. The minimum atomic E-state index is 0. The molecule has 24 heavy (non-hydrogen) atoms. The molecule has 6 heteroatoms. The second kappa shape index (κ2) is 10.1. The summed E-state index contributed by atoms with van der Waals surface area (Å²) in [4.78, 5) is 12.9. The summed E-state index contributed by atoms with van der Waals surface area (Å²) >= 11 is 0. The zero-order valence-electron chi connectivity index (χ0n) is 14.6. The number of nitrogens with zero attached hydrogens (tertiary/aromatic N) is 4. The molecule has 5 nitrogen and oxygen atoms in total. The van der Waals surface area contributed by atoms with Crippen molar-refractivity contribution in [2.24, 2.45) is 4.99 Å². The van der Waals surface area contributed by atoms with Crippen molar-refractivity contribution in [2.45, 2.75) is 13.2 Å². The summed E-state index contributed by atoms with van der Waals surface area (Å²) in [5.41, 5.74) is 2.03. The lowest BCUT2D eigenvalue weighted by Crippen LogP contribution is -2.35. The van der Waals surface area contributed by atoms with Crippen molar-refractivity contribution in [1.29, 1.82) is 0 Å². The molecule has 0 saturated heterocycles. The smallest absolute Gasteiger partial charge is 0.195 e. The van der Waals surface area contributed by atoms with Gasteiger partial charge in [0.25, 0.3) is 0 Å². The highest BCUT2D eigenvalue weighted by Gasteiger charge is 2.04. The second-order valence-corrected chi connectivity index (χ2v) is 5.66. The van der Waals surface area contributed by atoms with E-state index < -0.39 is 0 Å². The molecule has 1 aromatic carbocycles. The summed E-state index contributed by atoms with van der Waals surface area (Å²) in [5.74, 6) is 1.77. The molecule has 0 bridgehead atoms. The first-order valence-corrected chi connectivity index (χ1v) is 7.57. The Morgan fingerprint density at radius 3 is 2.42 bits per heavy atom. The Kier molecular flexibility index (Phi) is 8.53. The van der Waals surface area contributed by atoms with Gasteiger partial charge >= 0.3 is 0 Å². The van der Waals surface area contributed by atoms with Crippen LogP contribution in [0.2, 0.25) is 0 Å². The molecule has 0 aliphatic rings. The van der Waals surface area contributed by atoms with E-state index in [1.807, 2.05) is 74.4 Å². The first-order chi connectivity index (χ1) is 11.1. The van der Waals surface area contributed by atoms with Crippen molar-refractivity contribution in [1.82, 2.24) is 14.8 Å². The highest BCUT2D eigenvalue weighted by molar-refractivity contribution is 14.0. The summed E-state index contributed by atoms with van der Waals surface area (Å²) in [6.07, 6.45) is 1.77. The van der Waals surface area contributed by atoms with Crippen molar-refractivity contribution < 1.29 is 4.74 Å². The van der Waals surface area contributed by atoms with E-state index in [1.54, 1.807) is 6.20 Å². The SMILES string of the molecule is CN(C)C(=NCc1cccc(OCc2ccccn2)c1)N(C)C.I. The van der Waals surface area contributed by atoms with E-state index in [9.17, 15) is 0 Å². The summed E-state index contributed by atoms with van der Waals surface area (Å²) < 4.78 is 5.80. The third-order valence-corrected chi connectivity index (χ3v) is 3.21. The Morgan fingerprint density at radius 1 is 1.04 bits per heavy atom. The van der Waals surface area contributed by atoms with Gasteiger partial charge < -0.3 is 14.5 Å². The standard InChI is InChI=1S/C18H24N4O.HI/c1-21(2)18(22(3)4)20-13-15-8-7-10-17(12-15)23-14-16-9-5-6-11-19-16;/h5-12H,13-14H2,1-4H3;1H. The maximum Gasteiger partial charge on any atom is 0.195 e. The molecule has 2 rings (SSSR count). The van der Waals surface area contributed by atoms with Gasteiger partial charge in [-0.15, -0.1) is 24.0 Å². The molecule has 0 amide bonds.